The van der Waals surface area contributed by atoms with E-state index in [0.717, 1.165) is 12.1 Å². The maximum atomic E-state index is 15.5. The molecule has 2 aliphatic rings. The van der Waals surface area contributed by atoms with Gasteiger partial charge in [0.15, 0.2) is 11.5 Å². The van der Waals surface area contributed by atoms with Crippen molar-refractivity contribution in [3.8, 4) is 17.3 Å². The van der Waals surface area contributed by atoms with Gasteiger partial charge in [-0.05, 0) is 63.6 Å². The Kier molecular flexibility index (Phi) is 9.81. The number of fused-ring (bicyclic) bond motifs is 1. The van der Waals surface area contributed by atoms with Crippen LogP contribution in [0.4, 0.5) is 18.9 Å². The average molecular weight is 649 g/mol. The van der Waals surface area contributed by atoms with E-state index in [9.17, 15) is 9.90 Å². The number of carbonyl (C=O) groups is 1. The Morgan fingerprint density at radius 2 is 1.67 bits per heavy atom. The molecule has 1 N–H and O–H groups in total. The van der Waals surface area contributed by atoms with Crippen molar-refractivity contribution in [1.82, 2.24) is 14.5 Å². The van der Waals surface area contributed by atoms with Crippen LogP contribution < -0.4 is 9.64 Å². The van der Waals surface area contributed by atoms with Gasteiger partial charge in [-0.1, -0.05) is 19.6 Å². The zero-order valence-corrected chi connectivity index (χ0v) is 27.7. The third-order valence-corrected chi connectivity index (χ3v) is 10.7. The largest absolute Gasteiger partial charge is 0.481 e. The summed E-state index contributed by atoms with van der Waals surface area (Å²) < 4.78 is 65.6. The van der Waals surface area contributed by atoms with Crippen LogP contribution in [0.25, 0.3) is 22.4 Å². The van der Waals surface area contributed by atoms with Gasteiger partial charge in [0.05, 0.1) is 24.2 Å². The molecule has 1 aliphatic carbocycles. The number of carboxylic acids is 1. The van der Waals surface area contributed by atoms with Crippen molar-refractivity contribution in [2.45, 2.75) is 78.1 Å². The summed E-state index contributed by atoms with van der Waals surface area (Å²) in [6, 6.07) is 4.60. The van der Waals surface area contributed by atoms with Crippen molar-refractivity contribution >= 4 is 30.9 Å². The zero-order valence-electron chi connectivity index (χ0n) is 26.7. The number of hydrogen-bond donors (Lipinski definition) is 1. The summed E-state index contributed by atoms with van der Waals surface area (Å²) in [5.41, 5.74) is -1.14. The maximum absolute atomic E-state index is 15.5. The molecule has 1 aliphatic heterocycles. The Balaban J connectivity index is 1.45. The summed E-state index contributed by atoms with van der Waals surface area (Å²) in [7, 11) is -1.38. The van der Waals surface area contributed by atoms with Gasteiger partial charge in [-0.25, -0.2) is 18.2 Å². The van der Waals surface area contributed by atoms with Crippen LogP contribution in [0.5, 0.6) is 6.01 Å². The van der Waals surface area contributed by atoms with Crippen LogP contribution in [0.3, 0.4) is 0 Å². The molecule has 0 amide bonds. The lowest BCUT2D eigenvalue weighted by atomic mass is 9.70. The summed E-state index contributed by atoms with van der Waals surface area (Å²) in [6.45, 7) is 12.6. The molecule has 13 heteroatoms. The maximum Gasteiger partial charge on any atom is 0.309 e. The highest BCUT2D eigenvalue weighted by Gasteiger charge is 2.39. The molecule has 2 aromatic heterocycles. The fourth-order valence-corrected chi connectivity index (χ4v) is 6.69. The average Bonchev–Trinajstić information content (AvgIpc) is 3.30. The van der Waals surface area contributed by atoms with Gasteiger partial charge in [-0.3, -0.25) is 9.36 Å². The molecule has 0 atom stereocenters. The fourth-order valence-electron chi connectivity index (χ4n) is 5.94. The van der Waals surface area contributed by atoms with Crippen molar-refractivity contribution in [2.24, 2.45) is 11.3 Å². The highest BCUT2D eigenvalue weighted by atomic mass is 28.3. The summed E-state index contributed by atoms with van der Waals surface area (Å²) in [4.78, 5) is 22.5. The lowest BCUT2D eigenvalue weighted by molar-refractivity contribution is -0.151. The summed E-state index contributed by atoms with van der Waals surface area (Å²) >= 11 is 0. The van der Waals surface area contributed by atoms with E-state index in [0.29, 0.717) is 64.3 Å². The van der Waals surface area contributed by atoms with Crippen LogP contribution >= 0.6 is 0 Å². The van der Waals surface area contributed by atoms with Crippen LogP contribution in [-0.2, 0) is 21.0 Å². The Morgan fingerprint density at radius 1 is 1.02 bits per heavy atom. The third kappa shape index (κ3) is 7.46. The number of morpholine rings is 1. The van der Waals surface area contributed by atoms with Crippen molar-refractivity contribution in [3.63, 3.8) is 0 Å². The molecule has 3 aromatic rings. The van der Waals surface area contributed by atoms with Gasteiger partial charge in [0, 0.05) is 39.5 Å². The van der Waals surface area contributed by atoms with E-state index < -0.39 is 48.2 Å². The number of ether oxygens (including phenoxy) is 3. The van der Waals surface area contributed by atoms with Crippen LogP contribution in [0.1, 0.15) is 39.5 Å². The first-order valence-electron chi connectivity index (χ1n) is 15.6. The predicted molar refractivity (Wildman–Crippen MR) is 168 cm³/mol. The monoisotopic (exact) mass is 648 g/mol. The molecule has 246 valence electrons. The van der Waals surface area contributed by atoms with E-state index in [4.69, 9.17) is 14.2 Å². The number of anilines is 1. The summed E-state index contributed by atoms with van der Waals surface area (Å²) in [5.74, 6) is -3.56. The second-order valence-corrected chi connectivity index (χ2v) is 19.5. The molecule has 5 rings (SSSR count). The van der Waals surface area contributed by atoms with Crippen LogP contribution in [0, 0.1) is 28.8 Å². The topological polar surface area (TPSA) is 98.9 Å². The smallest absolute Gasteiger partial charge is 0.309 e. The Bertz CT molecular complexity index is 1510. The molecule has 1 saturated heterocycles. The molecule has 1 aromatic carbocycles. The van der Waals surface area contributed by atoms with Crippen LogP contribution in [0.15, 0.2) is 18.2 Å². The molecule has 0 unspecified atom stereocenters. The molecule has 45 heavy (non-hydrogen) atoms. The lowest BCUT2D eigenvalue weighted by Gasteiger charge is -2.36. The van der Waals surface area contributed by atoms with Crippen LogP contribution in [-0.4, -0.2) is 72.7 Å². The number of imidazole rings is 1. The number of benzene rings is 1. The number of carboxylic acid groups (broad SMARTS) is 1. The van der Waals surface area contributed by atoms with Crippen LogP contribution in [0.2, 0.25) is 25.7 Å². The Labute approximate surface area is 262 Å². The first-order chi connectivity index (χ1) is 21.2. The van der Waals surface area contributed by atoms with E-state index >= 15 is 13.2 Å². The molecule has 0 radical (unpaired) electrons. The van der Waals surface area contributed by atoms with E-state index in [2.05, 4.69) is 29.6 Å². The summed E-state index contributed by atoms with van der Waals surface area (Å²) in [5, 5.41) is 9.65. The van der Waals surface area contributed by atoms with Crippen molar-refractivity contribution in [1.29, 1.82) is 0 Å². The van der Waals surface area contributed by atoms with Gasteiger partial charge >= 0.3 is 12.0 Å². The molecule has 9 nitrogen and oxygen atoms in total. The predicted octanol–water partition coefficient (Wildman–Crippen LogP) is 6.71. The molecule has 2 fully saturated rings. The molecular weight excluding hydrogens is 605 g/mol. The quantitative estimate of drug-likeness (QED) is 0.181. The van der Waals surface area contributed by atoms with Gasteiger partial charge in [0.1, 0.15) is 35.7 Å². The SMILES string of the molecule is CC(C)(C(=O)O)C1CCC(Oc2nc3cc(F)c(-c4c(F)cc(N5CCOCC5)cc4F)nc3n2COCC[Si](C)(C)C)CC1. The van der Waals surface area contributed by atoms with E-state index in [1.807, 2.05) is 4.90 Å². The Morgan fingerprint density at radius 3 is 2.27 bits per heavy atom. The molecular formula is C32H43F3N4O5Si. The third-order valence-electron chi connectivity index (χ3n) is 9.01. The van der Waals surface area contributed by atoms with E-state index in [1.54, 1.807) is 18.4 Å². The normalized spacial score (nSPS) is 19.7. The number of aliphatic carboxylic acids is 1. The number of pyridine rings is 1. The molecule has 1 saturated carbocycles. The Hall–Kier alpha value is -3.16. The minimum atomic E-state index is -1.38. The zero-order chi connectivity index (χ0) is 32.5. The van der Waals surface area contributed by atoms with Gasteiger partial charge in [-0.15, -0.1) is 0 Å². The first-order valence-corrected chi connectivity index (χ1v) is 19.3. The van der Waals surface area contributed by atoms with Crippen molar-refractivity contribution < 1.29 is 37.3 Å². The summed E-state index contributed by atoms with van der Waals surface area (Å²) in [6.07, 6.45) is 2.36. The highest BCUT2D eigenvalue weighted by Crippen LogP contribution is 2.40. The standard InChI is InChI=1S/C32H43F3N4O5Si/c1-32(2,30(40)41)20-6-8-22(9-7-20)44-31-36-26-18-25(35)28(37-29(26)39(31)19-43-14-15-45(3,4)5)27-23(33)16-21(17-24(27)34)38-10-12-42-13-11-38/h16-18,20,22H,6-15,19H2,1-5H3,(H,40,41). The van der Waals surface area contributed by atoms with Crippen molar-refractivity contribution in [3.05, 3.63) is 35.7 Å². The minimum absolute atomic E-state index is 0.0105. The second-order valence-electron chi connectivity index (χ2n) is 13.8. The number of nitrogens with zero attached hydrogens (tertiary/aromatic N) is 4. The van der Waals surface area contributed by atoms with Crippen molar-refractivity contribution in [2.75, 3.05) is 37.8 Å². The first kappa shape index (κ1) is 33.2. The molecule has 0 spiro atoms. The number of halogens is 3. The molecule has 0 bridgehead atoms. The minimum Gasteiger partial charge on any atom is -0.481 e. The lowest BCUT2D eigenvalue weighted by Crippen LogP contribution is -2.37. The van der Waals surface area contributed by atoms with Gasteiger partial charge in [0.2, 0.25) is 0 Å². The number of rotatable bonds is 11. The van der Waals surface area contributed by atoms with Gasteiger partial charge in [-0.2, -0.15) is 4.98 Å². The number of aromatic nitrogens is 3. The van der Waals surface area contributed by atoms with E-state index in [-0.39, 0.29) is 35.9 Å². The van der Waals surface area contributed by atoms with E-state index in [1.165, 1.54) is 12.1 Å². The second kappa shape index (κ2) is 13.3. The van der Waals surface area contributed by atoms with Gasteiger partial charge in [0.25, 0.3) is 0 Å². The van der Waals surface area contributed by atoms with Gasteiger partial charge < -0.3 is 24.2 Å². The highest BCUT2D eigenvalue weighted by molar-refractivity contribution is 6.76. The fraction of sp³-hybridized carbons (Fsp3) is 0.594. The molecule has 3 heterocycles. The number of hydrogen-bond acceptors (Lipinski definition) is 7.